The van der Waals surface area contributed by atoms with Gasteiger partial charge in [-0.25, -0.2) is 4.79 Å². The second kappa shape index (κ2) is 12.0. The van der Waals surface area contributed by atoms with Crippen LogP contribution in [0, 0.1) is 18.3 Å². The number of nitriles is 1. The Hall–Kier alpha value is -3.18. The third kappa shape index (κ3) is 6.49. The Kier molecular flexibility index (Phi) is 9.05. The number of nitrogens with one attached hydrogen (secondary N) is 2. The highest BCUT2D eigenvalue weighted by atomic mass is 35.5. The molecule has 2 N–H and O–H groups in total. The molecule has 1 aliphatic heterocycles. The van der Waals surface area contributed by atoms with Crippen LogP contribution in [0.25, 0.3) is 0 Å². The normalized spacial score (nSPS) is 15.2. The summed E-state index contributed by atoms with van der Waals surface area (Å²) in [6.07, 6.45) is 1.48. The second-order valence-corrected chi connectivity index (χ2v) is 9.52. The van der Waals surface area contributed by atoms with Gasteiger partial charge in [0.05, 0.1) is 33.9 Å². The molecule has 0 aliphatic carbocycles. The highest BCUT2D eigenvalue weighted by molar-refractivity contribution is 8.03. The topological polar surface area (TPSA) is 91.2 Å². The molecule has 2 aromatic rings. The highest BCUT2D eigenvalue weighted by Crippen LogP contribution is 2.41. The fraction of sp³-hybridized carbons (Fsp3) is 0.192. The minimum absolute atomic E-state index is 0.0376. The van der Waals surface area contributed by atoms with Crippen molar-refractivity contribution in [3.8, 4) is 6.07 Å². The van der Waals surface area contributed by atoms with Gasteiger partial charge in [-0.15, -0.1) is 0 Å². The summed E-state index contributed by atoms with van der Waals surface area (Å²) in [7, 11) is 0. The molecule has 0 bridgehead atoms. The third-order valence-corrected chi connectivity index (χ3v) is 6.88. The summed E-state index contributed by atoms with van der Waals surface area (Å²) in [5.74, 6) is -1.46. The number of hydrogen-bond donors (Lipinski definition) is 2. The van der Waals surface area contributed by atoms with Gasteiger partial charge < -0.3 is 15.4 Å². The Morgan fingerprint density at radius 1 is 1.23 bits per heavy atom. The molecule has 1 heterocycles. The SMILES string of the molecule is C=CCOC(=O)C1=C(C)NC(SCC(=O)Nc2ccc(C)c(Cl)c2)=C(C#N)[C@H]1c1ccc(Cl)cc1. The summed E-state index contributed by atoms with van der Waals surface area (Å²) in [4.78, 5) is 25.5. The molecule has 0 fully saturated rings. The molecule has 0 saturated carbocycles. The maximum Gasteiger partial charge on any atom is 0.337 e. The first-order valence-corrected chi connectivity index (χ1v) is 12.3. The van der Waals surface area contributed by atoms with Crippen LogP contribution in [0.1, 0.15) is 24.0 Å². The molecule has 9 heteroatoms. The van der Waals surface area contributed by atoms with Gasteiger partial charge in [-0.1, -0.05) is 65.8 Å². The van der Waals surface area contributed by atoms with Crippen molar-refractivity contribution in [3.05, 3.63) is 98.2 Å². The van der Waals surface area contributed by atoms with E-state index in [-0.39, 0.29) is 18.3 Å². The number of benzene rings is 2. The maximum atomic E-state index is 12.9. The number of rotatable bonds is 8. The van der Waals surface area contributed by atoms with E-state index in [0.29, 0.717) is 43.2 Å². The van der Waals surface area contributed by atoms with Crippen LogP contribution < -0.4 is 10.6 Å². The third-order valence-electron chi connectivity index (χ3n) is 5.21. The monoisotopic (exact) mass is 527 g/mol. The first-order chi connectivity index (χ1) is 16.7. The lowest BCUT2D eigenvalue weighted by molar-refractivity contribution is -0.138. The number of carbonyl (C=O) groups excluding carboxylic acids is 2. The van der Waals surface area contributed by atoms with Crippen molar-refractivity contribution in [1.82, 2.24) is 5.32 Å². The lowest BCUT2D eigenvalue weighted by atomic mass is 9.82. The van der Waals surface area contributed by atoms with Crippen molar-refractivity contribution in [3.63, 3.8) is 0 Å². The van der Waals surface area contributed by atoms with Gasteiger partial charge in [-0.3, -0.25) is 4.79 Å². The van der Waals surface area contributed by atoms with Gasteiger partial charge >= 0.3 is 5.97 Å². The van der Waals surface area contributed by atoms with E-state index in [1.165, 1.54) is 17.8 Å². The molecule has 1 aliphatic rings. The van der Waals surface area contributed by atoms with Crippen molar-refractivity contribution in [2.75, 3.05) is 17.7 Å². The molecule has 3 rings (SSSR count). The number of hydrogen-bond acceptors (Lipinski definition) is 6. The fourth-order valence-electron chi connectivity index (χ4n) is 3.50. The molecule has 35 heavy (non-hydrogen) atoms. The Morgan fingerprint density at radius 2 is 1.94 bits per heavy atom. The molecule has 0 radical (unpaired) electrons. The van der Waals surface area contributed by atoms with Gasteiger partial charge in [0.15, 0.2) is 0 Å². The maximum absolute atomic E-state index is 12.9. The molecule has 0 aromatic heterocycles. The van der Waals surface area contributed by atoms with E-state index in [2.05, 4.69) is 23.3 Å². The number of aryl methyl sites for hydroxylation is 1. The first kappa shape index (κ1) is 26.4. The van der Waals surface area contributed by atoms with Crippen LogP contribution in [0.15, 0.2) is 77.0 Å². The van der Waals surface area contributed by atoms with E-state index >= 15 is 0 Å². The molecule has 2 aromatic carbocycles. The van der Waals surface area contributed by atoms with E-state index in [4.69, 9.17) is 27.9 Å². The smallest absolute Gasteiger partial charge is 0.337 e. The molecular weight excluding hydrogens is 505 g/mol. The van der Waals surface area contributed by atoms with Crippen LogP contribution in [0.5, 0.6) is 0 Å². The van der Waals surface area contributed by atoms with Crippen molar-refractivity contribution in [2.24, 2.45) is 0 Å². The number of carbonyl (C=O) groups is 2. The number of halogens is 2. The summed E-state index contributed by atoms with van der Waals surface area (Å²) >= 11 is 13.4. The van der Waals surface area contributed by atoms with Crippen molar-refractivity contribution in [1.29, 1.82) is 5.26 Å². The molecule has 1 amide bonds. The van der Waals surface area contributed by atoms with E-state index in [1.54, 1.807) is 43.3 Å². The Balaban J connectivity index is 1.88. The second-order valence-electron chi connectivity index (χ2n) is 7.69. The number of thioether (sulfide) groups is 1. The largest absolute Gasteiger partial charge is 0.458 e. The molecular formula is C26H23Cl2N3O3S. The molecule has 0 spiro atoms. The average molecular weight is 528 g/mol. The van der Waals surface area contributed by atoms with E-state index in [1.807, 2.05) is 13.0 Å². The van der Waals surface area contributed by atoms with E-state index in [9.17, 15) is 14.9 Å². The number of allylic oxidation sites excluding steroid dienone is 2. The highest BCUT2D eigenvalue weighted by Gasteiger charge is 2.35. The Bertz CT molecular complexity index is 1260. The van der Waals surface area contributed by atoms with Gasteiger partial charge in [0.25, 0.3) is 0 Å². The predicted octanol–water partition coefficient (Wildman–Crippen LogP) is 6.10. The summed E-state index contributed by atoms with van der Waals surface area (Å²) in [6, 6.07) is 14.4. The summed E-state index contributed by atoms with van der Waals surface area (Å²) < 4.78 is 5.29. The van der Waals surface area contributed by atoms with Gasteiger partial charge in [0.2, 0.25) is 5.91 Å². The van der Waals surface area contributed by atoms with Crippen LogP contribution in [0.2, 0.25) is 10.0 Å². The van der Waals surface area contributed by atoms with Crippen LogP contribution in [-0.4, -0.2) is 24.2 Å². The Labute approximate surface area is 218 Å². The van der Waals surface area contributed by atoms with Gasteiger partial charge in [-0.2, -0.15) is 5.26 Å². The van der Waals surface area contributed by atoms with Gasteiger partial charge in [0, 0.05) is 21.4 Å². The quantitative estimate of drug-likeness (QED) is 0.318. The van der Waals surface area contributed by atoms with E-state index < -0.39 is 11.9 Å². The molecule has 6 nitrogen and oxygen atoms in total. The van der Waals surface area contributed by atoms with E-state index in [0.717, 1.165) is 5.56 Å². The number of nitrogens with zero attached hydrogens (tertiary/aromatic N) is 1. The summed E-state index contributed by atoms with van der Waals surface area (Å²) in [5.41, 5.74) is 3.35. The lowest BCUT2D eigenvalue weighted by Crippen LogP contribution is -2.29. The standard InChI is InChI=1S/C26H23Cl2N3O3S/c1-4-11-34-26(33)23-16(3)30-25(20(13-29)24(23)17-6-8-18(27)9-7-17)35-14-22(32)31-19-10-5-15(2)21(28)12-19/h4-10,12,24,30H,1,11,14H2,2-3H3,(H,31,32)/t24-/m1/s1. The molecule has 1 atom stereocenters. The zero-order chi connectivity index (χ0) is 25.5. The van der Waals surface area contributed by atoms with Crippen LogP contribution >= 0.6 is 35.0 Å². The molecule has 0 saturated heterocycles. The van der Waals surface area contributed by atoms with Gasteiger partial charge in [0.1, 0.15) is 6.61 Å². The number of dihydropyridines is 1. The zero-order valence-corrected chi connectivity index (χ0v) is 21.5. The zero-order valence-electron chi connectivity index (χ0n) is 19.2. The average Bonchev–Trinajstić information content (AvgIpc) is 2.83. The Morgan fingerprint density at radius 3 is 2.57 bits per heavy atom. The van der Waals surface area contributed by atoms with Crippen LogP contribution in [0.3, 0.4) is 0 Å². The summed E-state index contributed by atoms with van der Waals surface area (Å²) in [6.45, 7) is 7.22. The van der Waals surface area contributed by atoms with Crippen LogP contribution in [-0.2, 0) is 14.3 Å². The number of esters is 1. The number of amides is 1. The van der Waals surface area contributed by atoms with Crippen molar-refractivity contribution in [2.45, 2.75) is 19.8 Å². The predicted molar refractivity (Wildman–Crippen MR) is 141 cm³/mol. The molecule has 0 unspecified atom stereocenters. The lowest BCUT2D eigenvalue weighted by Gasteiger charge is -2.29. The number of anilines is 1. The molecule has 180 valence electrons. The number of ether oxygens (including phenoxy) is 1. The van der Waals surface area contributed by atoms with Crippen molar-refractivity contribution >= 4 is 52.5 Å². The van der Waals surface area contributed by atoms with Crippen molar-refractivity contribution < 1.29 is 14.3 Å². The minimum atomic E-state index is -0.683. The van der Waals surface area contributed by atoms with Crippen LogP contribution in [0.4, 0.5) is 5.69 Å². The fourth-order valence-corrected chi connectivity index (χ4v) is 4.70. The van der Waals surface area contributed by atoms with Gasteiger partial charge in [-0.05, 0) is 49.2 Å². The minimum Gasteiger partial charge on any atom is -0.458 e. The summed E-state index contributed by atoms with van der Waals surface area (Å²) in [5, 5.41) is 17.6. The first-order valence-electron chi connectivity index (χ1n) is 10.6.